The molecule has 0 saturated heterocycles. The topological polar surface area (TPSA) is 28.7 Å². The molecule has 0 bridgehead atoms. The summed E-state index contributed by atoms with van der Waals surface area (Å²) in [6.45, 7) is 6.15. The van der Waals surface area contributed by atoms with Crippen LogP contribution in [0.15, 0.2) is 18.2 Å². The summed E-state index contributed by atoms with van der Waals surface area (Å²) >= 11 is 1.67. The largest absolute Gasteiger partial charge is 0.309 e. The first-order valence-corrected chi connectivity index (χ1v) is 5.61. The van der Waals surface area contributed by atoms with Gasteiger partial charge in [-0.1, -0.05) is 0 Å². The number of rotatable bonds is 1. The molecule has 0 aliphatic carbocycles. The first-order chi connectivity index (χ1) is 7.13. The molecule has 0 spiro atoms. The van der Waals surface area contributed by atoms with Crippen LogP contribution in [0.2, 0.25) is 0 Å². The van der Waals surface area contributed by atoms with E-state index < -0.39 is 0 Å². The van der Waals surface area contributed by atoms with Gasteiger partial charge in [-0.3, -0.25) is 0 Å². The molecule has 0 saturated carbocycles. The van der Waals surface area contributed by atoms with Gasteiger partial charge in [0.2, 0.25) is 0 Å². The summed E-state index contributed by atoms with van der Waals surface area (Å²) in [4.78, 5) is 1.18. The highest BCUT2D eigenvalue weighted by Crippen LogP contribution is 2.28. The van der Waals surface area contributed by atoms with Crippen LogP contribution >= 0.6 is 11.3 Å². The van der Waals surface area contributed by atoms with Crippen molar-refractivity contribution < 1.29 is 0 Å². The van der Waals surface area contributed by atoms with E-state index in [4.69, 9.17) is 5.26 Å². The average Bonchev–Trinajstić information content (AvgIpc) is 2.70. The summed E-state index contributed by atoms with van der Waals surface area (Å²) in [7, 11) is 0. The Bertz CT molecular complexity index is 521. The van der Waals surface area contributed by atoms with E-state index in [0.717, 1.165) is 10.6 Å². The minimum absolute atomic E-state index is 0.764. The second-order valence-electron chi connectivity index (χ2n) is 3.64. The van der Waals surface area contributed by atoms with Crippen LogP contribution in [0.5, 0.6) is 0 Å². The van der Waals surface area contributed by atoms with Gasteiger partial charge in [0, 0.05) is 16.3 Å². The lowest BCUT2D eigenvalue weighted by Gasteiger charge is -2.06. The number of hydrogen-bond donors (Lipinski definition) is 0. The number of aryl methyl sites for hydroxylation is 3. The molecule has 0 N–H and O–H groups in total. The lowest BCUT2D eigenvalue weighted by Crippen LogP contribution is -1.97. The molecule has 3 heteroatoms. The zero-order chi connectivity index (χ0) is 11.0. The van der Waals surface area contributed by atoms with Crippen LogP contribution in [-0.2, 0) is 0 Å². The summed E-state index contributed by atoms with van der Waals surface area (Å²) in [6.07, 6.45) is 0. The molecule has 0 aliphatic rings. The normalized spacial score (nSPS) is 10.3. The molecular weight excluding hydrogens is 204 g/mol. The van der Waals surface area contributed by atoms with Gasteiger partial charge in [-0.05, 0) is 39.0 Å². The Kier molecular flexibility index (Phi) is 2.37. The quantitative estimate of drug-likeness (QED) is 0.718. The molecule has 2 aromatic rings. The van der Waals surface area contributed by atoms with Crippen LogP contribution < -0.4 is 0 Å². The van der Waals surface area contributed by atoms with Crippen molar-refractivity contribution in [3.63, 3.8) is 0 Å². The van der Waals surface area contributed by atoms with Gasteiger partial charge in [-0.2, -0.15) is 5.26 Å². The van der Waals surface area contributed by atoms with Crippen molar-refractivity contribution in [3.05, 3.63) is 40.0 Å². The lowest BCUT2D eigenvalue weighted by molar-refractivity contribution is 0.983. The highest BCUT2D eigenvalue weighted by molar-refractivity contribution is 7.14. The van der Waals surface area contributed by atoms with E-state index in [1.165, 1.54) is 16.3 Å². The third kappa shape index (κ3) is 1.57. The Morgan fingerprint density at radius 2 is 1.80 bits per heavy atom. The second-order valence-corrected chi connectivity index (χ2v) is 4.87. The molecule has 2 aromatic heterocycles. The molecule has 2 nitrogen and oxygen atoms in total. The maximum Gasteiger partial charge on any atom is 0.118 e. The SMILES string of the molecule is Cc1cc(C#N)c(-n2c(C)ccc2C)s1. The van der Waals surface area contributed by atoms with Gasteiger partial charge in [0.25, 0.3) is 0 Å². The first kappa shape index (κ1) is 10.0. The molecule has 2 rings (SSSR count). The predicted molar refractivity (Wildman–Crippen MR) is 62.6 cm³/mol. The Labute approximate surface area is 93.4 Å². The van der Waals surface area contributed by atoms with Crippen molar-refractivity contribution in [1.29, 1.82) is 5.26 Å². The molecule has 0 aliphatic heterocycles. The van der Waals surface area contributed by atoms with E-state index in [-0.39, 0.29) is 0 Å². The minimum atomic E-state index is 0.764. The molecule has 0 radical (unpaired) electrons. The fourth-order valence-corrected chi connectivity index (χ4v) is 2.81. The van der Waals surface area contributed by atoms with Crippen LogP contribution in [0.1, 0.15) is 21.8 Å². The standard InChI is InChI=1S/C12H12N2S/c1-8-4-5-9(2)14(8)12-11(7-13)6-10(3)15-12/h4-6H,1-3H3. The Hall–Kier alpha value is -1.53. The fourth-order valence-electron chi connectivity index (χ4n) is 1.74. The smallest absolute Gasteiger partial charge is 0.118 e. The highest BCUT2D eigenvalue weighted by atomic mass is 32.1. The van der Waals surface area contributed by atoms with Gasteiger partial charge in [0.15, 0.2) is 0 Å². The van der Waals surface area contributed by atoms with Crippen molar-refractivity contribution in [1.82, 2.24) is 4.57 Å². The monoisotopic (exact) mass is 216 g/mol. The predicted octanol–water partition coefficient (Wildman–Crippen LogP) is 3.34. The Morgan fingerprint density at radius 1 is 1.20 bits per heavy atom. The van der Waals surface area contributed by atoms with Crippen molar-refractivity contribution in [2.75, 3.05) is 0 Å². The van der Waals surface area contributed by atoms with Crippen molar-refractivity contribution in [3.8, 4) is 11.1 Å². The third-order valence-electron chi connectivity index (χ3n) is 2.43. The molecule has 0 aromatic carbocycles. The van der Waals surface area contributed by atoms with Crippen molar-refractivity contribution in [2.24, 2.45) is 0 Å². The first-order valence-electron chi connectivity index (χ1n) is 4.79. The Morgan fingerprint density at radius 3 is 2.33 bits per heavy atom. The molecular formula is C12H12N2S. The summed E-state index contributed by atoms with van der Waals surface area (Å²) in [5.74, 6) is 0. The molecule has 0 atom stereocenters. The zero-order valence-corrected chi connectivity index (χ0v) is 9.85. The molecule has 0 fully saturated rings. The molecule has 0 amide bonds. The van der Waals surface area contributed by atoms with E-state index in [1.54, 1.807) is 11.3 Å². The van der Waals surface area contributed by atoms with E-state index >= 15 is 0 Å². The highest BCUT2D eigenvalue weighted by Gasteiger charge is 2.11. The lowest BCUT2D eigenvalue weighted by atomic mass is 10.3. The molecule has 76 valence electrons. The number of aromatic nitrogens is 1. The molecule has 2 heterocycles. The van der Waals surface area contributed by atoms with Crippen molar-refractivity contribution in [2.45, 2.75) is 20.8 Å². The van der Waals surface area contributed by atoms with Crippen molar-refractivity contribution >= 4 is 11.3 Å². The molecule has 15 heavy (non-hydrogen) atoms. The van der Waals surface area contributed by atoms with Gasteiger partial charge < -0.3 is 4.57 Å². The second kappa shape index (κ2) is 3.56. The summed E-state index contributed by atoms with van der Waals surface area (Å²) in [6, 6.07) is 8.34. The molecule has 0 unspecified atom stereocenters. The maximum atomic E-state index is 9.06. The number of nitrogens with zero attached hydrogens (tertiary/aromatic N) is 2. The Balaban J connectivity index is 2.69. The number of thiophene rings is 1. The van der Waals surface area contributed by atoms with Crippen LogP contribution in [0.25, 0.3) is 5.00 Å². The van der Waals surface area contributed by atoms with Gasteiger partial charge in [-0.15, -0.1) is 11.3 Å². The van der Waals surface area contributed by atoms with E-state index in [1.807, 2.05) is 13.0 Å². The van der Waals surface area contributed by atoms with Crippen LogP contribution in [-0.4, -0.2) is 4.57 Å². The average molecular weight is 216 g/mol. The zero-order valence-electron chi connectivity index (χ0n) is 9.03. The van der Waals surface area contributed by atoms with Gasteiger partial charge in [0.1, 0.15) is 11.1 Å². The maximum absolute atomic E-state index is 9.06. The van der Waals surface area contributed by atoms with Gasteiger partial charge >= 0.3 is 0 Å². The summed E-state index contributed by atoms with van der Waals surface area (Å²) in [5.41, 5.74) is 3.11. The van der Waals surface area contributed by atoms with Gasteiger partial charge in [-0.25, -0.2) is 0 Å². The van der Waals surface area contributed by atoms with E-state index in [2.05, 4.69) is 36.6 Å². The summed E-state index contributed by atoms with van der Waals surface area (Å²) in [5, 5.41) is 10.1. The number of nitriles is 1. The van der Waals surface area contributed by atoms with E-state index in [9.17, 15) is 0 Å². The van der Waals surface area contributed by atoms with Crippen LogP contribution in [0, 0.1) is 32.1 Å². The van der Waals surface area contributed by atoms with E-state index in [0.29, 0.717) is 0 Å². The summed E-state index contributed by atoms with van der Waals surface area (Å²) < 4.78 is 2.14. The van der Waals surface area contributed by atoms with Gasteiger partial charge in [0.05, 0.1) is 5.56 Å². The fraction of sp³-hybridized carbons (Fsp3) is 0.250. The minimum Gasteiger partial charge on any atom is -0.309 e. The number of hydrogen-bond acceptors (Lipinski definition) is 2. The third-order valence-corrected chi connectivity index (χ3v) is 3.47. The van der Waals surface area contributed by atoms with Crippen LogP contribution in [0.4, 0.5) is 0 Å². The van der Waals surface area contributed by atoms with Crippen LogP contribution in [0.3, 0.4) is 0 Å².